The Kier molecular flexibility index (Phi) is 6.02. The molecule has 17 heavy (non-hydrogen) atoms. The summed E-state index contributed by atoms with van der Waals surface area (Å²) in [6.45, 7) is 0.564. The summed E-state index contributed by atoms with van der Waals surface area (Å²) < 4.78 is 38.6. The Bertz CT molecular complexity index is 258. The normalized spacial score (nSPS) is 25.6. The third-order valence-corrected chi connectivity index (χ3v) is 3.88. The second-order valence-corrected chi connectivity index (χ2v) is 5.51. The molecule has 1 rings (SSSR count). The van der Waals surface area contributed by atoms with E-state index in [4.69, 9.17) is 0 Å². The molecule has 0 heterocycles. The fourth-order valence-electron chi connectivity index (χ4n) is 2.15. The molecule has 2 atom stereocenters. The van der Waals surface area contributed by atoms with E-state index in [1.807, 2.05) is 0 Å². The first kappa shape index (κ1) is 15.0. The lowest BCUT2D eigenvalue weighted by molar-refractivity contribution is -0.186. The van der Waals surface area contributed by atoms with Crippen LogP contribution in [0.25, 0.3) is 0 Å². The number of alkyl halides is 4. The van der Waals surface area contributed by atoms with Gasteiger partial charge in [-0.25, -0.2) is 0 Å². The molecule has 0 radical (unpaired) electrons. The predicted molar refractivity (Wildman–Crippen MR) is 68.0 cm³/mol. The van der Waals surface area contributed by atoms with Gasteiger partial charge in [0.2, 0.25) is 5.91 Å². The Hall–Kier alpha value is -0.0100. The maximum absolute atomic E-state index is 12.6. The van der Waals surface area contributed by atoms with E-state index in [2.05, 4.69) is 27.9 Å². The predicted octanol–water partition coefficient (Wildman–Crippen LogP) is 3.30. The van der Waals surface area contributed by atoms with Crippen molar-refractivity contribution >= 4 is 28.5 Å². The van der Waals surface area contributed by atoms with Crippen LogP contribution >= 0.6 is 22.6 Å². The number of hydrogen-bond donors (Lipinski definition) is 1. The highest BCUT2D eigenvalue weighted by molar-refractivity contribution is 14.1. The van der Waals surface area contributed by atoms with E-state index in [1.54, 1.807) is 0 Å². The van der Waals surface area contributed by atoms with Crippen LogP contribution in [0.5, 0.6) is 0 Å². The molecule has 1 saturated carbocycles. The first-order chi connectivity index (χ1) is 7.95. The molecule has 1 aliphatic carbocycles. The SMILES string of the molecule is O=C(NCCCI)C1CCCC(C(F)(F)F)C1. The number of nitrogens with one attached hydrogen (secondary N) is 1. The van der Waals surface area contributed by atoms with Gasteiger partial charge in [0, 0.05) is 16.9 Å². The Morgan fingerprint density at radius 1 is 1.35 bits per heavy atom. The van der Waals surface area contributed by atoms with E-state index in [0.717, 1.165) is 10.8 Å². The second-order valence-electron chi connectivity index (χ2n) is 4.44. The molecule has 0 aliphatic heterocycles. The van der Waals surface area contributed by atoms with Crippen molar-refractivity contribution in [2.75, 3.05) is 11.0 Å². The van der Waals surface area contributed by atoms with Crippen LogP contribution < -0.4 is 5.32 Å². The Morgan fingerprint density at radius 2 is 2.06 bits per heavy atom. The Morgan fingerprint density at radius 3 is 2.65 bits per heavy atom. The molecule has 0 spiro atoms. The van der Waals surface area contributed by atoms with Gasteiger partial charge in [-0.2, -0.15) is 13.2 Å². The van der Waals surface area contributed by atoms with Gasteiger partial charge >= 0.3 is 6.18 Å². The third kappa shape index (κ3) is 5.01. The van der Waals surface area contributed by atoms with Gasteiger partial charge < -0.3 is 5.32 Å². The van der Waals surface area contributed by atoms with Crippen LogP contribution in [-0.2, 0) is 4.79 Å². The minimum Gasteiger partial charge on any atom is -0.356 e. The van der Waals surface area contributed by atoms with Gasteiger partial charge in [-0.1, -0.05) is 29.0 Å². The quantitative estimate of drug-likeness (QED) is 0.464. The number of carbonyl (C=O) groups excluding carboxylic acids is 1. The van der Waals surface area contributed by atoms with Crippen LogP contribution in [0.4, 0.5) is 13.2 Å². The van der Waals surface area contributed by atoms with E-state index < -0.39 is 18.0 Å². The molecule has 1 amide bonds. The van der Waals surface area contributed by atoms with Gasteiger partial charge in [0.15, 0.2) is 0 Å². The van der Waals surface area contributed by atoms with Crippen molar-refractivity contribution in [2.24, 2.45) is 11.8 Å². The van der Waals surface area contributed by atoms with E-state index in [1.165, 1.54) is 0 Å². The number of halogens is 4. The second kappa shape index (κ2) is 6.80. The number of hydrogen-bond acceptors (Lipinski definition) is 1. The molecule has 1 aliphatic rings. The zero-order valence-corrected chi connectivity index (χ0v) is 11.7. The number of rotatable bonds is 4. The molecule has 0 bridgehead atoms. The molecule has 0 saturated heterocycles. The summed E-state index contributed by atoms with van der Waals surface area (Å²) in [5, 5.41) is 2.71. The molecular weight excluding hydrogens is 346 g/mol. The largest absolute Gasteiger partial charge is 0.391 e. The van der Waals surface area contributed by atoms with Gasteiger partial charge in [0.25, 0.3) is 0 Å². The Balaban J connectivity index is 2.41. The monoisotopic (exact) mass is 363 g/mol. The van der Waals surface area contributed by atoms with E-state index in [0.29, 0.717) is 19.4 Å². The summed E-state index contributed by atoms with van der Waals surface area (Å²) >= 11 is 2.20. The van der Waals surface area contributed by atoms with E-state index >= 15 is 0 Å². The van der Waals surface area contributed by atoms with Crippen molar-refractivity contribution in [3.05, 3.63) is 0 Å². The number of amides is 1. The summed E-state index contributed by atoms with van der Waals surface area (Å²) in [6.07, 6.45) is -2.08. The van der Waals surface area contributed by atoms with Crippen molar-refractivity contribution in [1.29, 1.82) is 0 Å². The maximum atomic E-state index is 12.6. The molecule has 2 nitrogen and oxygen atoms in total. The zero-order chi connectivity index (χ0) is 12.9. The zero-order valence-electron chi connectivity index (χ0n) is 9.52. The van der Waals surface area contributed by atoms with Crippen molar-refractivity contribution < 1.29 is 18.0 Å². The highest BCUT2D eigenvalue weighted by atomic mass is 127. The van der Waals surface area contributed by atoms with Crippen LogP contribution in [0, 0.1) is 11.8 Å². The van der Waals surface area contributed by atoms with Crippen LogP contribution in [-0.4, -0.2) is 23.1 Å². The molecule has 0 aromatic rings. The maximum Gasteiger partial charge on any atom is 0.391 e. The van der Waals surface area contributed by atoms with Crippen molar-refractivity contribution in [3.63, 3.8) is 0 Å². The van der Waals surface area contributed by atoms with Crippen LogP contribution in [0.2, 0.25) is 0 Å². The van der Waals surface area contributed by atoms with Crippen LogP contribution in [0.3, 0.4) is 0 Å². The summed E-state index contributed by atoms with van der Waals surface area (Å²) in [5.74, 6) is -1.95. The lowest BCUT2D eigenvalue weighted by Gasteiger charge is -2.29. The van der Waals surface area contributed by atoms with Gasteiger partial charge in [0.1, 0.15) is 0 Å². The van der Waals surface area contributed by atoms with Crippen LogP contribution in [0.15, 0.2) is 0 Å². The van der Waals surface area contributed by atoms with Crippen molar-refractivity contribution in [2.45, 2.75) is 38.3 Å². The van der Waals surface area contributed by atoms with Crippen LogP contribution in [0.1, 0.15) is 32.1 Å². The highest BCUT2D eigenvalue weighted by Gasteiger charge is 2.43. The van der Waals surface area contributed by atoms with Crippen molar-refractivity contribution in [1.82, 2.24) is 5.32 Å². The van der Waals surface area contributed by atoms with Gasteiger partial charge in [-0.05, 0) is 25.7 Å². The molecule has 1 N–H and O–H groups in total. The average molecular weight is 363 g/mol. The number of carbonyl (C=O) groups is 1. The summed E-state index contributed by atoms with van der Waals surface area (Å²) in [7, 11) is 0. The molecule has 1 fully saturated rings. The lowest BCUT2D eigenvalue weighted by Crippen LogP contribution is -2.37. The Labute approximate surface area is 113 Å². The molecule has 100 valence electrons. The van der Waals surface area contributed by atoms with Crippen molar-refractivity contribution in [3.8, 4) is 0 Å². The third-order valence-electron chi connectivity index (χ3n) is 3.12. The molecular formula is C11H17F3INO. The minimum absolute atomic E-state index is 0.0421. The standard InChI is InChI=1S/C11H17F3INO/c12-11(13,14)9-4-1-3-8(7-9)10(17)16-6-2-5-15/h8-9H,1-7H2,(H,16,17). The van der Waals surface area contributed by atoms with Gasteiger partial charge in [-0.15, -0.1) is 0 Å². The molecule has 0 aromatic heterocycles. The summed E-state index contributed by atoms with van der Waals surface area (Å²) in [4.78, 5) is 11.7. The highest BCUT2D eigenvalue weighted by Crippen LogP contribution is 2.39. The smallest absolute Gasteiger partial charge is 0.356 e. The first-order valence-corrected chi connectivity index (χ1v) is 7.38. The average Bonchev–Trinajstić information content (AvgIpc) is 2.28. The minimum atomic E-state index is -4.15. The van der Waals surface area contributed by atoms with Gasteiger partial charge in [-0.3, -0.25) is 4.79 Å². The molecule has 6 heteroatoms. The summed E-state index contributed by atoms with van der Waals surface area (Å²) in [5.41, 5.74) is 0. The fourth-order valence-corrected chi connectivity index (χ4v) is 2.53. The summed E-state index contributed by atoms with van der Waals surface area (Å²) in [6, 6.07) is 0. The topological polar surface area (TPSA) is 29.1 Å². The van der Waals surface area contributed by atoms with Gasteiger partial charge in [0.05, 0.1) is 5.92 Å². The first-order valence-electron chi connectivity index (χ1n) is 5.85. The fraction of sp³-hybridized carbons (Fsp3) is 0.909. The molecule has 0 aromatic carbocycles. The molecule has 2 unspecified atom stereocenters. The van der Waals surface area contributed by atoms with E-state index in [9.17, 15) is 18.0 Å². The van der Waals surface area contributed by atoms with E-state index in [-0.39, 0.29) is 18.7 Å². The lowest BCUT2D eigenvalue weighted by atomic mass is 9.80.